The van der Waals surface area contributed by atoms with Crippen LogP contribution in [0.4, 0.5) is 0 Å². The summed E-state index contributed by atoms with van der Waals surface area (Å²) in [5.41, 5.74) is 1.15. The molecule has 0 spiro atoms. The third-order valence-corrected chi connectivity index (χ3v) is 2.91. The molecule has 0 amide bonds. The van der Waals surface area contributed by atoms with E-state index in [1.165, 1.54) is 0 Å². The summed E-state index contributed by atoms with van der Waals surface area (Å²) >= 11 is 0. The molecule has 3 rings (SSSR count). The summed E-state index contributed by atoms with van der Waals surface area (Å²) in [6, 6.07) is 21.4. The molecule has 0 bridgehead atoms. The zero-order valence-electron chi connectivity index (χ0n) is 11.9. The van der Waals surface area contributed by atoms with Crippen molar-refractivity contribution in [3.05, 3.63) is 96.3 Å². The van der Waals surface area contributed by atoms with Crippen LogP contribution in [0.2, 0.25) is 0 Å². The van der Waals surface area contributed by atoms with Crippen molar-refractivity contribution in [1.29, 1.82) is 0 Å². The van der Waals surface area contributed by atoms with Gasteiger partial charge in [-0.15, -0.1) is 0 Å². The van der Waals surface area contributed by atoms with E-state index in [2.05, 4.69) is 10.2 Å². The summed E-state index contributed by atoms with van der Waals surface area (Å²) in [6.45, 7) is 0. The summed E-state index contributed by atoms with van der Waals surface area (Å²) in [6.07, 6.45) is 2.20. The molecular weight excluding hydrogens is 276 g/mol. The Labute approximate surface area is 129 Å². The molecular formula is C18H16N2O2. The van der Waals surface area contributed by atoms with Gasteiger partial charge in [0.15, 0.2) is 5.78 Å². The Bertz CT molecular complexity index is 647. The van der Waals surface area contributed by atoms with Crippen LogP contribution >= 0.6 is 0 Å². The molecule has 1 N–H and O–H groups in total. The maximum absolute atomic E-state index is 11.9. The molecule has 4 nitrogen and oxygen atoms in total. The predicted molar refractivity (Wildman–Crippen MR) is 84.2 cm³/mol. The topological polar surface area (TPSA) is 63.1 Å². The lowest BCUT2D eigenvalue weighted by Crippen LogP contribution is -2.11. The normalized spacial score (nSPS) is 11.0. The monoisotopic (exact) mass is 292 g/mol. The van der Waals surface area contributed by atoms with E-state index in [4.69, 9.17) is 0 Å². The minimum Gasteiger partial charge on any atom is -0.380 e. The van der Waals surface area contributed by atoms with Crippen molar-refractivity contribution in [2.75, 3.05) is 0 Å². The van der Waals surface area contributed by atoms with E-state index in [1.54, 1.807) is 60.9 Å². The zero-order valence-corrected chi connectivity index (χ0v) is 11.9. The number of hydrogen-bond donors (Lipinski definition) is 1. The number of aliphatic hydroxyl groups is 1. The Hall–Kier alpha value is -2.85. The van der Waals surface area contributed by atoms with Crippen molar-refractivity contribution in [3.63, 3.8) is 0 Å². The third kappa shape index (κ3) is 4.61. The van der Waals surface area contributed by atoms with Crippen LogP contribution in [0.5, 0.6) is 0 Å². The molecule has 0 saturated heterocycles. The van der Waals surface area contributed by atoms with Crippen molar-refractivity contribution >= 4 is 5.78 Å². The molecule has 0 aliphatic rings. The molecule has 0 fully saturated rings. The molecule has 1 atom stereocenters. The van der Waals surface area contributed by atoms with Gasteiger partial charge in [0.05, 0.1) is 0 Å². The second-order valence-electron chi connectivity index (χ2n) is 4.46. The minimum atomic E-state index is -1.08. The Morgan fingerprint density at radius 1 is 0.773 bits per heavy atom. The average Bonchev–Trinajstić information content (AvgIpc) is 2.64. The van der Waals surface area contributed by atoms with Gasteiger partial charge in [-0.2, -0.15) is 10.2 Å². The summed E-state index contributed by atoms with van der Waals surface area (Å²) in [5.74, 6) is -0.271. The molecule has 0 radical (unpaired) electrons. The smallest absolute Gasteiger partial charge is 0.195 e. The maximum atomic E-state index is 11.9. The molecule has 0 aliphatic carbocycles. The van der Waals surface area contributed by atoms with Gasteiger partial charge in [-0.05, 0) is 17.7 Å². The number of carbonyl (C=O) groups excluding carboxylic acids is 1. The summed E-state index contributed by atoms with van der Waals surface area (Å²) in [5, 5.41) is 17.0. The lowest BCUT2D eigenvalue weighted by Gasteiger charge is -2.09. The van der Waals surface area contributed by atoms with Crippen LogP contribution in [-0.4, -0.2) is 21.1 Å². The Morgan fingerprint density at radius 3 is 1.73 bits per heavy atom. The number of nitrogens with zero attached hydrogens (tertiary/aromatic N) is 2. The van der Waals surface area contributed by atoms with Gasteiger partial charge in [-0.25, -0.2) is 0 Å². The molecule has 1 unspecified atom stereocenters. The second-order valence-corrected chi connectivity index (χ2v) is 4.46. The van der Waals surface area contributed by atoms with Gasteiger partial charge in [0, 0.05) is 18.0 Å². The van der Waals surface area contributed by atoms with E-state index < -0.39 is 6.10 Å². The van der Waals surface area contributed by atoms with Crippen molar-refractivity contribution in [3.8, 4) is 0 Å². The summed E-state index contributed by atoms with van der Waals surface area (Å²) in [4.78, 5) is 11.9. The van der Waals surface area contributed by atoms with Gasteiger partial charge in [0.25, 0.3) is 0 Å². The van der Waals surface area contributed by atoms with Crippen LogP contribution in [0.25, 0.3) is 0 Å². The number of rotatable bonds is 3. The lowest BCUT2D eigenvalue weighted by molar-refractivity contribution is 0.0747. The number of hydrogen-bond acceptors (Lipinski definition) is 4. The van der Waals surface area contributed by atoms with Gasteiger partial charge in [-0.3, -0.25) is 4.79 Å². The predicted octanol–water partition coefficient (Wildman–Crippen LogP) is 3.08. The number of carbonyl (C=O) groups is 1. The van der Waals surface area contributed by atoms with Crippen LogP contribution < -0.4 is 0 Å². The van der Waals surface area contributed by atoms with Gasteiger partial charge in [0.1, 0.15) is 6.10 Å². The number of aromatic nitrogens is 2. The van der Waals surface area contributed by atoms with Crippen molar-refractivity contribution < 1.29 is 9.90 Å². The van der Waals surface area contributed by atoms with E-state index in [0.29, 0.717) is 11.1 Å². The highest BCUT2D eigenvalue weighted by Gasteiger charge is 2.18. The second kappa shape index (κ2) is 8.44. The first-order chi connectivity index (χ1) is 10.8. The Morgan fingerprint density at radius 2 is 1.27 bits per heavy atom. The van der Waals surface area contributed by atoms with E-state index in [1.807, 2.05) is 24.3 Å². The molecule has 2 aromatic carbocycles. The highest BCUT2D eigenvalue weighted by Crippen LogP contribution is 2.17. The fraction of sp³-hybridized carbons (Fsp3) is 0.0556. The quantitative estimate of drug-likeness (QED) is 0.753. The molecule has 0 saturated carbocycles. The first kappa shape index (κ1) is 15.5. The van der Waals surface area contributed by atoms with Crippen LogP contribution in [0.1, 0.15) is 22.0 Å². The van der Waals surface area contributed by atoms with Crippen molar-refractivity contribution in [2.24, 2.45) is 0 Å². The molecule has 4 heteroatoms. The van der Waals surface area contributed by atoms with Gasteiger partial charge in [-0.1, -0.05) is 60.7 Å². The first-order valence-corrected chi connectivity index (χ1v) is 6.83. The van der Waals surface area contributed by atoms with Crippen molar-refractivity contribution in [1.82, 2.24) is 10.2 Å². The average molecular weight is 292 g/mol. The Kier molecular flexibility index (Phi) is 5.96. The van der Waals surface area contributed by atoms with Crippen molar-refractivity contribution in [2.45, 2.75) is 6.10 Å². The standard InChI is InChI=1S/C14H12O2.C4H4N2/c15-13(11-7-3-1-4-8-11)14(16)12-9-5-2-6-10-12;1-2-4-6-5-3-1/h1-10,13,15H;1-4H. The lowest BCUT2D eigenvalue weighted by atomic mass is 10.0. The van der Waals surface area contributed by atoms with Crippen LogP contribution in [0, 0.1) is 0 Å². The van der Waals surface area contributed by atoms with Crippen LogP contribution in [-0.2, 0) is 0 Å². The van der Waals surface area contributed by atoms with Crippen LogP contribution in [0.15, 0.2) is 85.2 Å². The largest absolute Gasteiger partial charge is 0.380 e. The van der Waals surface area contributed by atoms with Gasteiger partial charge < -0.3 is 5.11 Å². The molecule has 1 heterocycles. The number of benzene rings is 2. The highest BCUT2D eigenvalue weighted by molar-refractivity contribution is 5.99. The SMILES string of the molecule is O=C(c1ccccc1)C(O)c1ccccc1.c1ccnnc1. The molecule has 1 aromatic heterocycles. The van der Waals surface area contributed by atoms with E-state index in [9.17, 15) is 9.90 Å². The summed E-state index contributed by atoms with van der Waals surface area (Å²) < 4.78 is 0. The molecule has 110 valence electrons. The third-order valence-electron chi connectivity index (χ3n) is 2.91. The molecule has 22 heavy (non-hydrogen) atoms. The number of ketones is 1. The maximum Gasteiger partial charge on any atom is 0.195 e. The fourth-order valence-electron chi connectivity index (χ4n) is 1.80. The van der Waals surface area contributed by atoms with E-state index in [0.717, 1.165) is 0 Å². The minimum absolute atomic E-state index is 0.271. The fourth-order valence-corrected chi connectivity index (χ4v) is 1.80. The molecule has 0 aliphatic heterocycles. The molecule has 3 aromatic rings. The Balaban J connectivity index is 0.000000246. The summed E-state index contributed by atoms with van der Waals surface area (Å²) in [7, 11) is 0. The number of aliphatic hydroxyl groups excluding tert-OH is 1. The van der Waals surface area contributed by atoms with E-state index in [-0.39, 0.29) is 5.78 Å². The first-order valence-electron chi connectivity index (χ1n) is 6.83. The van der Waals surface area contributed by atoms with Crippen LogP contribution in [0.3, 0.4) is 0 Å². The van der Waals surface area contributed by atoms with Gasteiger partial charge >= 0.3 is 0 Å². The highest BCUT2D eigenvalue weighted by atomic mass is 16.3. The zero-order chi connectivity index (χ0) is 15.6. The van der Waals surface area contributed by atoms with Gasteiger partial charge in [0.2, 0.25) is 0 Å². The number of Topliss-reactive ketones (excluding diaryl/α,β-unsaturated/α-hetero) is 1. The van der Waals surface area contributed by atoms with E-state index >= 15 is 0 Å².